The van der Waals surface area contributed by atoms with E-state index in [0.717, 1.165) is 6.54 Å². The molecular formula is C13H15NS. The molecule has 0 radical (unpaired) electrons. The number of hydrogen-bond acceptors (Lipinski definition) is 2. The second-order valence-electron chi connectivity index (χ2n) is 3.75. The average molecular weight is 217 g/mol. The summed E-state index contributed by atoms with van der Waals surface area (Å²) in [6, 6.07) is 10.7. The summed E-state index contributed by atoms with van der Waals surface area (Å²) >= 11 is 1.79. The van der Waals surface area contributed by atoms with E-state index in [9.17, 15) is 0 Å². The van der Waals surface area contributed by atoms with Crippen molar-refractivity contribution in [1.82, 2.24) is 0 Å². The predicted octanol–water partition coefficient (Wildman–Crippen LogP) is 3.98. The number of aryl methyl sites for hydroxylation is 2. The largest absolute Gasteiger partial charge is 0.380 e. The fourth-order valence-electron chi connectivity index (χ4n) is 1.52. The van der Waals surface area contributed by atoms with Crippen LogP contribution in [0.3, 0.4) is 0 Å². The van der Waals surface area contributed by atoms with Crippen molar-refractivity contribution in [3.63, 3.8) is 0 Å². The van der Waals surface area contributed by atoms with Gasteiger partial charge in [-0.3, -0.25) is 0 Å². The van der Waals surface area contributed by atoms with Gasteiger partial charge in [0.05, 0.1) is 0 Å². The van der Waals surface area contributed by atoms with E-state index in [1.807, 2.05) is 0 Å². The minimum absolute atomic E-state index is 0.919. The highest BCUT2D eigenvalue weighted by Crippen LogP contribution is 2.18. The van der Waals surface area contributed by atoms with Crippen molar-refractivity contribution in [3.05, 3.63) is 51.7 Å². The Hall–Kier alpha value is -1.28. The van der Waals surface area contributed by atoms with Crippen molar-refractivity contribution in [2.75, 3.05) is 5.32 Å². The number of thiophene rings is 1. The SMILES string of the molecule is Cc1ccc(C)c(NCc2cccs2)c1. The lowest BCUT2D eigenvalue weighted by Gasteiger charge is -2.09. The molecule has 0 unspecified atom stereocenters. The smallest absolute Gasteiger partial charge is 0.0494 e. The van der Waals surface area contributed by atoms with Gasteiger partial charge in [0.25, 0.3) is 0 Å². The number of nitrogens with one attached hydrogen (secondary N) is 1. The van der Waals surface area contributed by atoms with Gasteiger partial charge in [0.15, 0.2) is 0 Å². The lowest BCUT2D eigenvalue weighted by molar-refractivity contribution is 1.17. The van der Waals surface area contributed by atoms with Gasteiger partial charge in [-0.25, -0.2) is 0 Å². The second kappa shape index (κ2) is 4.49. The van der Waals surface area contributed by atoms with Gasteiger partial charge >= 0.3 is 0 Å². The first kappa shape index (κ1) is 10.2. The quantitative estimate of drug-likeness (QED) is 0.820. The maximum absolute atomic E-state index is 3.47. The Labute approximate surface area is 94.8 Å². The van der Waals surface area contributed by atoms with Gasteiger partial charge in [-0.05, 0) is 42.5 Å². The molecule has 0 saturated carbocycles. The summed E-state index contributed by atoms with van der Waals surface area (Å²) in [4.78, 5) is 1.37. The summed E-state index contributed by atoms with van der Waals surface area (Å²) in [6.07, 6.45) is 0. The zero-order chi connectivity index (χ0) is 10.7. The molecule has 1 heterocycles. The van der Waals surface area contributed by atoms with Gasteiger partial charge in [0, 0.05) is 17.1 Å². The summed E-state index contributed by atoms with van der Waals surface area (Å²) < 4.78 is 0. The fourth-order valence-corrected chi connectivity index (χ4v) is 2.17. The molecule has 0 aliphatic rings. The van der Waals surface area contributed by atoms with Crippen LogP contribution in [-0.2, 0) is 6.54 Å². The molecule has 0 amide bonds. The highest BCUT2D eigenvalue weighted by atomic mass is 32.1. The summed E-state index contributed by atoms with van der Waals surface area (Å²) in [6.45, 7) is 5.17. The first-order valence-corrected chi connectivity index (χ1v) is 5.97. The molecule has 78 valence electrons. The molecule has 15 heavy (non-hydrogen) atoms. The van der Waals surface area contributed by atoms with Crippen LogP contribution in [-0.4, -0.2) is 0 Å². The third kappa shape index (κ3) is 2.60. The molecule has 1 N–H and O–H groups in total. The normalized spacial score (nSPS) is 10.3. The van der Waals surface area contributed by atoms with E-state index in [1.165, 1.54) is 21.7 Å². The Bertz CT molecular complexity index is 432. The maximum Gasteiger partial charge on any atom is 0.0494 e. The number of benzene rings is 1. The van der Waals surface area contributed by atoms with Gasteiger partial charge < -0.3 is 5.32 Å². The van der Waals surface area contributed by atoms with Gasteiger partial charge in [0.2, 0.25) is 0 Å². The monoisotopic (exact) mass is 217 g/mol. The van der Waals surface area contributed by atoms with E-state index in [1.54, 1.807) is 11.3 Å². The zero-order valence-electron chi connectivity index (χ0n) is 9.08. The summed E-state index contributed by atoms with van der Waals surface area (Å²) in [7, 11) is 0. The predicted molar refractivity (Wildman–Crippen MR) is 67.6 cm³/mol. The molecule has 0 atom stereocenters. The van der Waals surface area contributed by atoms with E-state index in [0.29, 0.717) is 0 Å². The first-order chi connectivity index (χ1) is 7.25. The van der Waals surface area contributed by atoms with E-state index < -0.39 is 0 Å². The van der Waals surface area contributed by atoms with E-state index in [4.69, 9.17) is 0 Å². The Kier molecular flexibility index (Phi) is 3.07. The fraction of sp³-hybridized carbons (Fsp3) is 0.231. The molecule has 0 bridgehead atoms. The van der Waals surface area contributed by atoms with Crippen molar-refractivity contribution in [1.29, 1.82) is 0 Å². The maximum atomic E-state index is 3.47. The molecule has 2 heteroatoms. The third-order valence-corrected chi connectivity index (χ3v) is 3.30. The topological polar surface area (TPSA) is 12.0 Å². The summed E-state index contributed by atoms with van der Waals surface area (Å²) in [5.74, 6) is 0. The van der Waals surface area contributed by atoms with Crippen LogP contribution < -0.4 is 5.32 Å². The van der Waals surface area contributed by atoms with Crippen molar-refractivity contribution in [2.24, 2.45) is 0 Å². The van der Waals surface area contributed by atoms with Gasteiger partial charge in [-0.15, -0.1) is 11.3 Å². The lowest BCUT2D eigenvalue weighted by atomic mass is 10.1. The van der Waals surface area contributed by atoms with Crippen molar-refractivity contribution < 1.29 is 0 Å². The molecule has 0 aliphatic carbocycles. The van der Waals surface area contributed by atoms with Crippen LogP contribution in [0.25, 0.3) is 0 Å². The molecule has 1 aromatic carbocycles. The summed E-state index contributed by atoms with van der Waals surface area (Å²) in [5.41, 5.74) is 3.84. The van der Waals surface area contributed by atoms with Crippen LogP contribution in [0.15, 0.2) is 35.7 Å². The molecule has 1 nitrogen and oxygen atoms in total. The van der Waals surface area contributed by atoms with Crippen LogP contribution in [0.4, 0.5) is 5.69 Å². The van der Waals surface area contributed by atoms with Crippen LogP contribution in [0.1, 0.15) is 16.0 Å². The number of hydrogen-bond donors (Lipinski definition) is 1. The molecule has 2 aromatic rings. The molecule has 0 aliphatic heterocycles. The Morgan fingerprint density at radius 1 is 1.20 bits per heavy atom. The van der Waals surface area contributed by atoms with Gasteiger partial charge in [-0.2, -0.15) is 0 Å². The Morgan fingerprint density at radius 2 is 2.07 bits per heavy atom. The number of anilines is 1. The molecule has 0 spiro atoms. The third-order valence-electron chi connectivity index (χ3n) is 2.43. The van der Waals surface area contributed by atoms with Gasteiger partial charge in [0.1, 0.15) is 0 Å². The highest BCUT2D eigenvalue weighted by Gasteiger charge is 1.98. The average Bonchev–Trinajstić information content (AvgIpc) is 2.72. The summed E-state index contributed by atoms with van der Waals surface area (Å²) in [5, 5.41) is 5.58. The van der Waals surface area contributed by atoms with Crippen molar-refractivity contribution in [3.8, 4) is 0 Å². The number of rotatable bonds is 3. The minimum atomic E-state index is 0.919. The molecule has 2 rings (SSSR count). The Balaban J connectivity index is 2.07. The lowest BCUT2D eigenvalue weighted by Crippen LogP contribution is -1.99. The standard InChI is InChI=1S/C13H15NS/c1-10-5-6-11(2)13(8-10)14-9-12-4-3-7-15-12/h3-8,14H,9H2,1-2H3. The second-order valence-corrected chi connectivity index (χ2v) is 4.78. The van der Waals surface area contributed by atoms with E-state index >= 15 is 0 Å². The van der Waals surface area contributed by atoms with Crippen molar-refractivity contribution in [2.45, 2.75) is 20.4 Å². The van der Waals surface area contributed by atoms with E-state index in [2.05, 4.69) is 54.9 Å². The minimum Gasteiger partial charge on any atom is -0.380 e. The highest BCUT2D eigenvalue weighted by molar-refractivity contribution is 7.09. The van der Waals surface area contributed by atoms with E-state index in [-0.39, 0.29) is 0 Å². The van der Waals surface area contributed by atoms with Gasteiger partial charge in [-0.1, -0.05) is 18.2 Å². The molecule has 0 fully saturated rings. The van der Waals surface area contributed by atoms with Crippen LogP contribution >= 0.6 is 11.3 Å². The Morgan fingerprint density at radius 3 is 2.80 bits per heavy atom. The first-order valence-electron chi connectivity index (χ1n) is 5.09. The van der Waals surface area contributed by atoms with Crippen molar-refractivity contribution >= 4 is 17.0 Å². The van der Waals surface area contributed by atoms with Crippen LogP contribution in [0.2, 0.25) is 0 Å². The zero-order valence-corrected chi connectivity index (χ0v) is 9.90. The van der Waals surface area contributed by atoms with Crippen LogP contribution in [0.5, 0.6) is 0 Å². The molecule has 1 aromatic heterocycles. The molecule has 0 saturated heterocycles. The van der Waals surface area contributed by atoms with Crippen LogP contribution in [0, 0.1) is 13.8 Å². The molecular weight excluding hydrogens is 202 g/mol.